The molecule has 25 heavy (non-hydrogen) atoms. The molecule has 1 aromatic carbocycles. The van der Waals surface area contributed by atoms with Crippen LogP contribution in [0.3, 0.4) is 0 Å². The first kappa shape index (κ1) is 21.0. The summed E-state index contributed by atoms with van der Waals surface area (Å²) in [5.74, 6) is 2.06. The van der Waals surface area contributed by atoms with Gasteiger partial charge >= 0.3 is 0 Å². The first-order chi connectivity index (χ1) is 11.7. The Morgan fingerprint density at radius 3 is 2.64 bits per heavy atom. The summed E-state index contributed by atoms with van der Waals surface area (Å²) in [5.41, 5.74) is 2.82. The molecule has 0 aliphatic rings. The molecule has 0 radical (unpaired) electrons. The summed E-state index contributed by atoms with van der Waals surface area (Å²) in [7, 11) is 3.35. The van der Waals surface area contributed by atoms with Crippen LogP contribution in [0.5, 0.6) is 11.5 Å². The van der Waals surface area contributed by atoms with Crippen molar-refractivity contribution in [1.82, 2.24) is 10.3 Å². The van der Waals surface area contributed by atoms with E-state index in [0.29, 0.717) is 24.9 Å². The zero-order chi connectivity index (χ0) is 17.4. The highest BCUT2D eigenvalue weighted by atomic mass is 127. The highest BCUT2D eigenvalue weighted by molar-refractivity contribution is 14.0. The molecular formula is C18H25IN4O2. The molecule has 1 heterocycles. The predicted octanol–water partition coefficient (Wildman–Crippen LogP) is 3.60. The Kier molecular flexibility index (Phi) is 9.04. The van der Waals surface area contributed by atoms with Crippen molar-refractivity contribution in [1.29, 1.82) is 0 Å². The fourth-order valence-electron chi connectivity index (χ4n) is 2.21. The van der Waals surface area contributed by atoms with Crippen LogP contribution in [0.25, 0.3) is 0 Å². The van der Waals surface area contributed by atoms with Crippen LogP contribution < -0.4 is 20.1 Å². The monoisotopic (exact) mass is 456 g/mol. The van der Waals surface area contributed by atoms with E-state index in [1.165, 1.54) is 0 Å². The molecule has 0 spiro atoms. The highest BCUT2D eigenvalue weighted by Gasteiger charge is 2.07. The number of hydrogen-bond acceptors (Lipinski definition) is 4. The first-order valence-electron chi connectivity index (χ1n) is 7.87. The number of ether oxygens (including phenoxy) is 2. The molecular weight excluding hydrogens is 431 g/mol. The van der Waals surface area contributed by atoms with Gasteiger partial charge in [-0.1, -0.05) is 6.07 Å². The van der Waals surface area contributed by atoms with Crippen LogP contribution in [0.2, 0.25) is 0 Å². The maximum absolute atomic E-state index is 5.52. The zero-order valence-electron chi connectivity index (χ0n) is 15.0. The Morgan fingerprint density at radius 1 is 1.20 bits per heavy atom. The summed E-state index contributed by atoms with van der Waals surface area (Å²) >= 11 is 0. The maximum Gasteiger partial charge on any atom is 0.195 e. The van der Waals surface area contributed by atoms with Gasteiger partial charge in [0, 0.05) is 24.5 Å². The number of methoxy groups -OCH3 is 1. The summed E-state index contributed by atoms with van der Waals surface area (Å²) in [6.45, 7) is 5.10. The van der Waals surface area contributed by atoms with Gasteiger partial charge in [0.15, 0.2) is 17.5 Å². The minimum absolute atomic E-state index is 0. The number of anilines is 1. The standard InChI is InChI=1S/C18H24N4O2.HI/c1-5-24-16-10-9-14(11-17(16)23-4)22-18(19-3)20-12-15-8-6-7-13(2)21-15;/h6-11H,5,12H2,1-4H3,(H2,19,20,22);1H. The van der Waals surface area contributed by atoms with Crippen LogP contribution in [0.15, 0.2) is 41.4 Å². The molecule has 0 atom stereocenters. The third-order valence-electron chi connectivity index (χ3n) is 3.33. The van der Waals surface area contributed by atoms with Crippen LogP contribution >= 0.6 is 24.0 Å². The van der Waals surface area contributed by atoms with E-state index < -0.39 is 0 Å². The van der Waals surface area contributed by atoms with Crippen molar-refractivity contribution in [2.75, 3.05) is 26.1 Å². The molecule has 0 amide bonds. The number of aliphatic imine (C=N–C) groups is 1. The Bertz CT molecular complexity index is 707. The van der Waals surface area contributed by atoms with E-state index in [9.17, 15) is 0 Å². The molecule has 0 aliphatic carbocycles. The molecule has 2 N–H and O–H groups in total. The molecule has 136 valence electrons. The van der Waals surface area contributed by atoms with Gasteiger partial charge in [-0.2, -0.15) is 0 Å². The van der Waals surface area contributed by atoms with Gasteiger partial charge in [0.25, 0.3) is 0 Å². The third-order valence-corrected chi connectivity index (χ3v) is 3.33. The van der Waals surface area contributed by atoms with Gasteiger partial charge in [0.2, 0.25) is 0 Å². The number of nitrogens with zero attached hydrogens (tertiary/aromatic N) is 2. The van der Waals surface area contributed by atoms with E-state index in [0.717, 1.165) is 22.8 Å². The summed E-state index contributed by atoms with van der Waals surface area (Å²) in [5, 5.41) is 6.48. The molecule has 7 heteroatoms. The minimum Gasteiger partial charge on any atom is -0.493 e. The van der Waals surface area contributed by atoms with Crippen molar-refractivity contribution in [3.05, 3.63) is 47.8 Å². The molecule has 6 nitrogen and oxygen atoms in total. The van der Waals surface area contributed by atoms with Crippen LogP contribution in [0, 0.1) is 6.92 Å². The largest absolute Gasteiger partial charge is 0.493 e. The van der Waals surface area contributed by atoms with Gasteiger partial charge in [-0.3, -0.25) is 9.98 Å². The molecule has 0 fully saturated rings. The molecule has 2 rings (SSSR count). The quantitative estimate of drug-likeness (QED) is 0.395. The Labute approximate surface area is 166 Å². The van der Waals surface area contributed by atoms with Crippen molar-refractivity contribution >= 4 is 35.6 Å². The summed E-state index contributed by atoms with van der Waals surface area (Å²) in [6.07, 6.45) is 0. The van der Waals surface area contributed by atoms with Gasteiger partial charge in [0.1, 0.15) is 0 Å². The van der Waals surface area contributed by atoms with E-state index in [1.54, 1.807) is 14.2 Å². The fourth-order valence-corrected chi connectivity index (χ4v) is 2.21. The van der Waals surface area contributed by atoms with E-state index in [1.807, 2.05) is 50.2 Å². The van der Waals surface area contributed by atoms with Gasteiger partial charge in [-0.15, -0.1) is 24.0 Å². The smallest absolute Gasteiger partial charge is 0.195 e. The second-order valence-corrected chi connectivity index (χ2v) is 5.12. The molecule has 0 aliphatic heterocycles. The van der Waals surface area contributed by atoms with Crippen molar-refractivity contribution in [3.63, 3.8) is 0 Å². The van der Waals surface area contributed by atoms with Gasteiger partial charge in [-0.05, 0) is 38.1 Å². The van der Waals surface area contributed by atoms with Crippen LogP contribution in [0.4, 0.5) is 5.69 Å². The van der Waals surface area contributed by atoms with E-state index in [-0.39, 0.29) is 24.0 Å². The summed E-state index contributed by atoms with van der Waals surface area (Å²) < 4.78 is 10.9. The number of benzene rings is 1. The third kappa shape index (κ3) is 6.41. The SMILES string of the molecule is CCOc1ccc(NC(=NC)NCc2cccc(C)n2)cc1OC.I. The second kappa shape index (κ2) is 10.8. The lowest BCUT2D eigenvalue weighted by Gasteiger charge is -2.14. The Morgan fingerprint density at radius 2 is 2.00 bits per heavy atom. The van der Waals surface area contributed by atoms with Crippen molar-refractivity contribution < 1.29 is 9.47 Å². The summed E-state index contributed by atoms with van der Waals surface area (Å²) in [6, 6.07) is 11.6. The number of aromatic nitrogens is 1. The molecule has 0 saturated heterocycles. The molecule has 2 aromatic rings. The van der Waals surface area contributed by atoms with E-state index in [2.05, 4.69) is 20.6 Å². The normalized spacial score (nSPS) is 10.6. The van der Waals surface area contributed by atoms with E-state index in [4.69, 9.17) is 9.47 Å². The topological polar surface area (TPSA) is 67.8 Å². The van der Waals surface area contributed by atoms with Crippen LogP contribution in [0.1, 0.15) is 18.3 Å². The molecule has 0 saturated carbocycles. The second-order valence-electron chi connectivity index (χ2n) is 5.12. The van der Waals surface area contributed by atoms with Crippen LogP contribution in [-0.4, -0.2) is 31.7 Å². The van der Waals surface area contributed by atoms with Crippen molar-refractivity contribution in [2.45, 2.75) is 20.4 Å². The highest BCUT2D eigenvalue weighted by Crippen LogP contribution is 2.30. The number of hydrogen-bond donors (Lipinski definition) is 2. The average molecular weight is 456 g/mol. The number of pyridine rings is 1. The van der Waals surface area contributed by atoms with Gasteiger partial charge < -0.3 is 20.1 Å². The van der Waals surface area contributed by atoms with Crippen molar-refractivity contribution in [3.8, 4) is 11.5 Å². The predicted molar refractivity (Wildman–Crippen MR) is 112 cm³/mol. The Hall–Kier alpha value is -2.03. The fraction of sp³-hybridized carbons (Fsp3) is 0.333. The first-order valence-corrected chi connectivity index (χ1v) is 7.87. The minimum atomic E-state index is 0. The molecule has 1 aromatic heterocycles. The summed E-state index contributed by atoms with van der Waals surface area (Å²) in [4.78, 5) is 8.69. The number of halogens is 1. The zero-order valence-corrected chi connectivity index (χ0v) is 17.3. The lowest BCUT2D eigenvalue weighted by molar-refractivity contribution is 0.311. The number of rotatable bonds is 6. The molecule has 0 bridgehead atoms. The lowest BCUT2D eigenvalue weighted by Crippen LogP contribution is -2.30. The van der Waals surface area contributed by atoms with Gasteiger partial charge in [0.05, 0.1) is 26.0 Å². The van der Waals surface area contributed by atoms with Crippen LogP contribution in [-0.2, 0) is 6.54 Å². The van der Waals surface area contributed by atoms with Gasteiger partial charge in [-0.25, -0.2) is 0 Å². The lowest BCUT2D eigenvalue weighted by atomic mass is 10.2. The Balaban J connectivity index is 0.00000312. The van der Waals surface area contributed by atoms with E-state index >= 15 is 0 Å². The number of nitrogens with one attached hydrogen (secondary N) is 2. The average Bonchev–Trinajstić information content (AvgIpc) is 2.60. The molecule has 0 unspecified atom stereocenters. The number of aryl methyl sites for hydroxylation is 1. The van der Waals surface area contributed by atoms with Crippen molar-refractivity contribution in [2.24, 2.45) is 4.99 Å². The maximum atomic E-state index is 5.52. The number of guanidine groups is 1.